The maximum absolute atomic E-state index is 5.77. The maximum atomic E-state index is 5.77. The van der Waals surface area contributed by atoms with Crippen LogP contribution >= 0.6 is 0 Å². The molecule has 98 valence electrons. The van der Waals surface area contributed by atoms with E-state index in [1.54, 1.807) is 13.4 Å². The van der Waals surface area contributed by atoms with E-state index in [1.807, 2.05) is 25.2 Å². The van der Waals surface area contributed by atoms with E-state index in [9.17, 15) is 0 Å². The summed E-state index contributed by atoms with van der Waals surface area (Å²) >= 11 is 0. The van der Waals surface area contributed by atoms with E-state index in [2.05, 4.69) is 12.2 Å². The van der Waals surface area contributed by atoms with Crippen LogP contribution in [0, 0.1) is 0 Å². The van der Waals surface area contributed by atoms with Gasteiger partial charge < -0.3 is 18.9 Å². The average molecular weight is 249 g/mol. The number of rotatable bonds is 6. The van der Waals surface area contributed by atoms with Crippen LogP contribution in [-0.2, 0) is 17.8 Å². The molecular weight excluding hydrogens is 230 g/mol. The van der Waals surface area contributed by atoms with E-state index < -0.39 is 0 Å². The normalized spacial score (nSPS) is 12.8. The summed E-state index contributed by atoms with van der Waals surface area (Å²) in [6.07, 6.45) is 2.59. The van der Waals surface area contributed by atoms with E-state index in [0.717, 1.165) is 29.3 Å². The van der Waals surface area contributed by atoms with E-state index in [0.29, 0.717) is 6.61 Å². The largest absolute Gasteiger partial charge is 0.469 e. The minimum absolute atomic E-state index is 0.0179. The number of aryl methyl sites for hydroxylation is 1. The zero-order chi connectivity index (χ0) is 13.0. The van der Waals surface area contributed by atoms with Crippen LogP contribution < -0.4 is 5.32 Å². The smallest absolute Gasteiger partial charge is 0.129 e. The standard InChI is InChI=1S/C14H19NO3/c1-4-12-11(7-8-17-12)14(15-2)13-6-5-10(18-13)9-16-3/h5-8,14-15H,4,9H2,1-3H3. The van der Waals surface area contributed by atoms with Gasteiger partial charge in [0.15, 0.2) is 0 Å². The zero-order valence-electron chi connectivity index (χ0n) is 11.0. The van der Waals surface area contributed by atoms with Gasteiger partial charge in [0.2, 0.25) is 0 Å². The third-order valence-electron chi connectivity index (χ3n) is 2.95. The zero-order valence-corrected chi connectivity index (χ0v) is 11.0. The second-order valence-corrected chi connectivity index (χ2v) is 4.11. The minimum Gasteiger partial charge on any atom is -0.469 e. The molecule has 4 nitrogen and oxygen atoms in total. The van der Waals surface area contributed by atoms with Crippen molar-refractivity contribution in [2.45, 2.75) is 26.0 Å². The molecule has 0 saturated heterocycles. The third-order valence-corrected chi connectivity index (χ3v) is 2.95. The Hall–Kier alpha value is -1.52. The molecule has 2 heterocycles. The molecule has 18 heavy (non-hydrogen) atoms. The van der Waals surface area contributed by atoms with Gasteiger partial charge in [0, 0.05) is 19.1 Å². The van der Waals surface area contributed by atoms with Crippen molar-refractivity contribution in [3.63, 3.8) is 0 Å². The third kappa shape index (κ3) is 2.49. The highest BCUT2D eigenvalue weighted by molar-refractivity contribution is 5.29. The van der Waals surface area contributed by atoms with E-state index >= 15 is 0 Å². The predicted molar refractivity (Wildman–Crippen MR) is 68.4 cm³/mol. The topological polar surface area (TPSA) is 47.5 Å². The fraction of sp³-hybridized carbons (Fsp3) is 0.429. The fourth-order valence-electron chi connectivity index (χ4n) is 2.12. The highest BCUT2D eigenvalue weighted by atomic mass is 16.5. The molecule has 0 bridgehead atoms. The summed E-state index contributed by atoms with van der Waals surface area (Å²) < 4.78 is 16.3. The number of hydrogen-bond donors (Lipinski definition) is 1. The maximum Gasteiger partial charge on any atom is 0.129 e. The second kappa shape index (κ2) is 5.89. The first-order chi connectivity index (χ1) is 8.80. The van der Waals surface area contributed by atoms with Crippen molar-refractivity contribution in [3.8, 4) is 0 Å². The Morgan fingerprint density at radius 1 is 1.33 bits per heavy atom. The van der Waals surface area contributed by atoms with Crippen LogP contribution in [0.1, 0.15) is 35.8 Å². The van der Waals surface area contributed by atoms with Crippen LogP contribution in [0.25, 0.3) is 0 Å². The summed E-state index contributed by atoms with van der Waals surface area (Å²) in [6.45, 7) is 2.57. The fourth-order valence-corrected chi connectivity index (χ4v) is 2.12. The van der Waals surface area contributed by atoms with Gasteiger partial charge in [0.25, 0.3) is 0 Å². The predicted octanol–water partition coefficient (Wildman–Crippen LogP) is 2.89. The van der Waals surface area contributed by atoms with Gasteiger partial charge in [-0.15, -0.1) is 0 Å². The van der Waals surface area contributed by atoms with Crippen LogP contribution in [0.2, 0.25) is 0 Å². The molecule has 2 aromatic rings. The van der Waals surface area contributed by atoms with Gasteiger partial charge in [-0.25, -0.2) is 0 Å². The lowest BCUT2D eigenvalue weighted by atomic mass is 10.0. The molecule has 0 saturated carbocycles. The van der Waals surface area contributed by atoms with E-state index in [-0.39, 0.29) is 6.04 Å². The van der Waals surface area contributed by atoms with Crippen molar-refractivity contribution in [2.75, 3.05) is 14.2 Å². The monoisotopic (exact) mass is 249 g/mol. The van der Waals surface area contributed by atoms with Gasteiger partial charge >= 0.3 is 0 Å². The van der Waals surface area contributed by atoms with Crippen molar-refractivity contribution in [1.29, 1.82) is 0 Å². The lowest BCUT2D eigenvalue weighted by molar-refractivity contribution is 0.162. The molecule has 0 aliphatic rings. The summed E-state index contributed by atoms with van der Waals surface area (Å²) in [4.78, 5) is 0. The first-order valence-corrected chi connectivity index (χ1v) is 6.11. The molecule has 4 heteroatoms. The second-order valence-electron chi connectivity index (χ2n) is 4.11. The SMILES string of the molecule is CCc1occc1C(NC)c1ccc(COC)o1. The van der Waals surface area contributed by atoms with Crippen LogP contribution in [0.15, 0.2) is 33.3 Å². The number of ether oxygens (including phenoxy) is 1. The molecule has 1 N–H and O–H groups in total. The Bertz CT molecular complexity index is 487. The van der Waals surface area contributed by atoms with E-state index in [4.69, 9.17) is 13.6 Å². The van der Waals surface area contributed by atoms with Crippen LogP contribution in [0.4, 0.5) is 0 Å². The van der Waals surface area contributed by atoms with Gasteiger partial charge in [0.05, 0.1) is 12.3 Å². The molecule has 0 aliphatic carbocycles. The van der Waals surface area contributed by atoms with Crippen molar-refractivity contribution in [1.82, 2.24) is 5.32 Å². The summed E-state index contributed by atoms with van der Waals surface area (Å²) in [5, 5.41) is 3.26. The molecule has 2 rings (SSSR count). The van der Waals surface area contributed by atoms with Crippen LogP contribution in [0.5, 0.6) is 0 Å². The summed E-state index contributed by atoms with van der Waals surface area (Å²) in [7, 11) is 3.57. The highest BCUT2D eigenvalue weighted by Gasteiger charge is 2.20. The Morgan fingerprint density at radius 2 is 2.17 bits per heavy atom. The number of hydrogen-bond acceptors (Lipinski definition) is 4. The molecule has 1 atom stereocenters. The van der Waals surface area contributed by atoms with Crippen LogP contribution in [-0.4, -0.2) is 14.2 Å². The number of furan rings is 2. The number of nitrogens with one attached hydrogen (secondary N) is 1. The van der Waals surface area contributed by atoms with Crippen molar-refractivity contribution >= 4 is 0 Å². The minimum atomic E-state index is 0.0179. The Labute approximate surface area is 107 Å². The number of methoxy groups -OCH3 is 1. The van der Waals surface area contributed by atoms with Gasteiger partial charge in [-0.2, -0.15) is 0 Å². The Morgan fingerprint density at radius 3 is 2.83 bits per heavy atom. The molecule has 1 unspecified atom stereocenters. The van der Waals surface area contributed by atoms with Gasteiger partial charge in [0.1, 0.15) is 23.9 Å². The molecule has 2 aromatic heterocycles. The molecule has 0 amide bonds. The van der Waals surface area contributed by atoms with Gasteiger partial charge in [-0.05, 0) is 25.2 Å². The van der Waals surface area contributed by atoms with Crippen molar-refractivity contribution in [2.24, 2.45) is 0 Å². The molecule has 0 aliphatic heterocycles. The first kappa shape index (κ1) is 12.9. The molecule has 0 radical (unpaired) electrons. The van der Waals surface area contributed by atoms with Crippen molar-refractivity contribution < 1.29 is 13.6 Å². The molecule has 0 aromatic carbocycles. The summed E-state index contributed by atoms with van der Waals surface area (Å²) in [5.74, 6) is 2.69. The lowest BCUT2D eigenvalue weighted by Gasteiger charge is -2.13. The molecular formula is C14H19NO3. The van der Waals surface area contributed by atoms with Crippen LogP contribution in [0.3, 0.4) is 0 Å². The Kier molecular flexibility index (Phi) is 4.23. The van der Waals surface area contributed by atoms with E-state index in [1.165, 1.54) is 0 Å². The lowest BCUT2D eigenvalue weighted by Crippen LogP contribution is -2.17. The first-order valence-electron chi connectivity index (χ1n) is 6.11. The van der Waals surface area contributed by atoms with Gasteiger partial charge in [-0.1, -0.05) is 6.92 Å². The summed E-state index contributed by atoms with van der Waals surface area (Å²) in [6, 6.07) is 5.92. The molecule has 0 fully saturated rings. The quantitative estimate of drug-likeness (QED) is 0.855. The van der Waals surface area contributed by atoms with Gasteiger partial charge in [-0.3, -0.25) is 0 Å². The average Bonchev–Trinajstić information content (AvgIpc) is 3.00. The highest BCUT2D eigenvalue weighted by Crippen LogP contribution is 2.27. The van der Waals surface area contributed by atoms with Crippen molar-refractivity contribution in [3.05, 3.63) is 47.3 Å². The molecule has 0 spiro atoms. The Balaban J connectivity index is 2.27. The summed E-state index contributed by atoms with van der Waals surface area (Å²) in [5.41, 5.74) is 1.12.